The Morgan fingerprint density at radius 3 is 2.88 bits per heavy atom. The Morgan fingerprint density at radius 2 is 2.18 bits per heavy atom. The van der Waals surface area contributed by atoms with E-state index < -0.39 is 0 Å². The molecule has 1 atom stereocenters. The summed E-state index contributed by atoms with van der Waals surface area (Å²) < 4.78 is 0. The summed E-state index contributed by atoms with van der Waals surface area (Å²) >= 11 is 3.85. The average molecular weight is 267 g/mol. The largest absolute Gasteiger partial charge is 0.342 e. The highest BCUT2D eigenvalue weighted by Crippen LogP contribution is 2.38. The molecule has 1 unspecified atom stereocenters. The van der Waals surface area contributed by atoms with Crippen LogP contribution in [0.1, 0.15) is 29.4 Å². The number of rotatable bonds is 2. The molecule has 1 aliphatic carbocycles. The quantitative estimate of drug-likeness (QED) is 0.820. The van der Waals surface area contributed by atoms with Crippen molar-refractivity contribution in [1.82, 2.24) is 4.90 Å². The Morgan fingerprint density at radius 1 is 1.29 bits per heavy atom. The Bertz CT molecular complexity index is 386. The third-order valence-corrected chi connectivity index (χ3v) is 5.89. The van der Waals surface area contributed by atoms with Gasteiger partial charge in [0.25, 0.3) is 0 Å². The van der Waals surface area contributed by atoms with Gasteiger partial charge in [0.2, 0.25) is 5.91 Å². The SMILES string of the molecule is O=C(C1CC1)N1CCSC(c2cccs2)CC1. The van der Waals surface area contributed by atoms with Crippen molar-refractivity contribution >= 4 is 29.0 Å². The van der Waals surface area contributed by atoms with E-state index in [9.17, 15) is 4.79 Å². The lowest BCUT2D eigenvalue weighted by Crippen LogP contribution is -2.34. The van der Waals surface area contributed by atoms with Crippen LogP contribution >= 0.6 is 23.1 Å². The topological polar surface area (TPSA) is 20.3 Å². The van der Waals surface area contributed by atoms with Crippen LogP contribution in [-0.4, -0.2) is 29.6 Å². The summed E-state index contributed by atoms with van der Waals surface area (Å²) in [4.78, 5) is 15.6. The molecule has 2 nitrogen and oxygen atoms in total. The predicted octanol–water partition coefficient (Wildman–Crippen LogP) is 3.16. The smallest absolute Gasteiger partial charge is 0.225 e. The second kappa shape index (κ2) is 5.02. The summed E-state index contributed by atoms with van der Waals surface area (Å²) in [5.74, 6) is 1.87. The summed E-state index contributed by atoms with van der Waals surface area (Å²) in [6.45, 7) is 1.90. The number of thiophene rings is 1. The normalized spacial score (nSPS) is 25.6. The van der Waals surface area contributed by atoms with Crippen molar-refractivity contribution in [3.05, 3.63) is 22.4 Å². The van der Waals surface area contributed by atoms with E-state index in [4.69, 9.17) is 0 Å². The molecule has 0 aromatic carbocycles. The van der Waals surface area contributed by atoms with Crippen LogP contribution in [0.15, 0.2) is 17.5 Å². The summed E-state index contributed by atoms with van der Waals surface area (Å²) in [5, 5.41) is 2.75. The molecule has 2 fully saturated rings. The van der Waals surface area contributed by atoms with Crippen LogP contribution in [0.25, 0.3) is 0 Å². The molecule has 1 saturated carbocycles. The van der Waals surface area contributed by atoms with Gasteiger partial charge in [0.1, 0.15) is 0 Å². The van der Waals surface area contributed by atoms with Gasteiger partial charge in [-0.05, 0) is 30.7 Å². The van der Waals surface area contributed by atoms with Gasteiger partial charge >= 0.3 is 0 Å². The van der Waals surface area contributed by atoms with E-state index in [1.54, 1.807) is 0 Å². The van der Waals surface area contributed by atoms with Crippen molar-refractivity contribution in [2.45, 2.75) is 24.5 Å². The molecule has 0 bridgehead atoms. The molecule has 1 aromatic rings. The van der Waals surface area contributed by atoms with Crippen LogP contribution in [0.4, 0.5) is 0 Å². The molecule has 17 heavy (non-hydrogen) atoms. The van der Waals surface area contributed by atoms with Gasteiger partial charge in [-0.15, -0.1) is 11.3 Å². The van der Waals surface area contributed by atoms with Gasteiger partial charge in [-0.25, -0.2) is 0 Å². The number of nitrogens with zero attached hydrogens (tertiary/aromatic N) is 1. The van der Waals surface area contributed by atoms with Gasteiger partial charge in [-0.3, -0.25) is 4.79 Å². The fourth-order valence-electron chi connectivity index (χ4n) is 2.28. The van der Waals surface area contributed by atoms with Crippen molar-refractivity contribution in [3.8, 4) is 0 Å². The van der Waals surface area contributed by atoms with Crippen molar-refractivity contribution in [2.75, 3.05) is 18.8 Å². The van der Waals surface area contributed by atoms with E-state index in [0.29, 0.717) is 17.1 Å². The standard InChI is InChI=1S/C13H17NOS2/c15-13(10-3-4-10)14-6-5-12(17-9-7-14)11-2-1-8-16-11/h1-2,8,10,12H,3-7,9H2. The summed E-state index contributed by atoms with van der Waals surface area (Å²) in [6, 6.07) is 4.35. The minimum Gasteiger partial charge on any atom is -0.342 e. The first-order chi connectivity index (χ1) is 8.34. The number of hydrogen-bond donors (Lipinski definition) is 0. The molecule has 0 N–H and O–H groups in total. The second-order valence-corrected chi connectivity index (χ2v) is 7.05. The maximum atomic E-state index is 12.0. The summed E-state index contributed by atoms with van der Waals surface area (Å²) in [7, 11) is 0. The van der Waals surface area contributed by atoms with Crippen LogP contribution in [0.3, 0.4) is 0 Å². The maximum Gasteiger partial charge on any atom is 0.225 e. The van der Waals surface area contributed by atoms with Gasteiger partial charge < -0.3 is 4.90 Å². The molecule has 0 radical (unpaired) electrons. The highest BCUT2D eigenvalue weighted by molar-refractivity contribution is 7.99. The molecule has 2 heterocycles. The van der Waals surface area contributed by atoms with Crippen LogP contribution < -0.4 is 0 Å². The van der Waals surface area contributed by atoms with Gasteiger partial charge in [0, 0.05) is 34.9 Å². The van der Waals surface area contributed by atoms with Gasteiger partial charge in [0.15, 0.2) is 0 Å². The lowest BCUT2D eigenvalue weighted by molar-refractivity contribution is -0.132. The molecule has 1 saturated heterocycles. The van der Waals surface area contributed by atoms with Crippen molar-refractivity contribution in [3.63, 3.8) is 0 Å². The molecule has 92 valence electrons. The van der Waals surface area contributed by atoms with Crippen LogP contribution in [0, 0.1) is 5.92 Å². The summed E-state index contributed by atoms with van der Waals surface area (Å²) in [5.41, 5.74) is 0. The molecular weight excluding hydrogens is 250 g/mol. The third-order valence-electron chi connectivity index (χ3n) is 3.44. The average Bonchev–Trinajstić information content (AvgIpc) is 3.11. The van der Waals surface area contributed by atoms with E-state index in [0.717, 1.165) is 38.1 Å². The second-order valence-electron chi connectivity index (χ2n) is 4.76. The molecule has 1 amide bonds. The van der Waals surface area contributed by atoms with Crippen molar-refractivity contribution < 1.29 is 4.79 Å². The Hall–Kier alpha value is -0.480. The van der Waals surface area contributed by atoms with Crippen molar-refractivity contribution in [2.24, 2.45) is 5.92 Å². The Kier molecular flexibility index (Phi) is 3.43. The minimum absolute atomic E-state index is 0.373. The molecule has 1 aromatic heterocycles. The molecule has 4 heteroatoms. The van der Waals surface area contributed by atoms with E-state index in [1.807, 2.05) is 23.1 Å². The third kappa shape index (κ3) is 2.68. The number of thioether (sulfide) groups is 1. The van der Waals surface area contributed by atoms with E-state index >= 15 is 0 Å². The zero-order chi connectivity index (χ0) is 11.7. The van der Waals surface area contributed by atoms with Gasteiger partial charge in [-0.1, -0.05) is 6.07 Å². The lowest BCUT2D eigenvalue weighted by Gasteiger charge is -2.19. The van der Waals surface area contributed by atoms with Gasteiger partial charge in [-0.2, -0.15) is 11.8 Å². The van der Waals surface area contributed by atoms with E-state index in [1.165, 1.54) is 4.88 Å². The number of carbonyl (C=O) groups excluding carboxylic acids is 1. The maximum absolute atomic E-state index is 12.0. The predicted molar refractivity (Wildman–Crippen MR) is 73.4 cm³/mol. The summed E-state index contributed by atoms with van der Waals surface area (Å²) in [6.07, 6.45) is 3.36. The molecule has 0 spiro atoms. The lowest BCUT2D eigenvalue weighted by atomic mass is 10.2. The molecule has 2 aliphatic rings. The fourth-order valence-corrected chi connectivity index (χ4v) is 4.52. The highest BCUT2D eigenvalue weighted by atomic mass is 32.2. The monoisotopic (exact) mass is 267 g/mol. The fraction of sp³-hybridized carbons (Fsp3) is 0.615. The van der Waals surface area contributed by atoms with E-state index in [-0.39, 0.29) is 0 Å². The zero-order valence-electron chi connectivity index (χ0n) is 9.80. The number of carbonyl (C=O) groups is 1. The van der Waals surface area contributed by atoms with Crippen LogP contribution in [0.5, 0.6) is 0 Å². The first kappa shape index (κ1) is 11.6. The highest BCUT2D eigenvalue weighted by Gasteiger charge is 2.34. The first-order valence-corrected chi connectivity index (χ1v) is 8.21. The zero-order valence-corrected chi connectivity index (χ0v) is 11.4. The number of hydrogen-bond acceptors (Lipinski definition) is 3. The first-order valence-electron chi connectivity index (χ1n) is 6.28. The molecular formula is C13H17NOS2. The van der Waals surface area contributed by atoms with Gasteiger partial charge in [0.05, 0.1) is 0 Å². The minimum atomic E-state index is 0.373. The Labute approximate surface area is 110 Å². The van der Waals surface area contributed by atoms with E-state index in [2.05, 4.69) is 22.4 Å². The number of amides is 1. The Balaban J connectivity index is 1.61. The van der Waals surface area contributed by atoms with Crippen molar-refractivity contribution in [1.29, 1.82) is 0 Å². The van der Waals surface area contributed by atoms with Crippen LogP contribution in [0.2, 0.25) is 0 Å². The van der Waals surface area contributed by atoms with Crippen LogP contribution in [-0.2, 0) is 4.79 Å². The molecule has 3 rings (SSSR count). The molecule has 1 aliphatic heterocycles.